The highest BCUT2D eigenvalue weighted by Crippen LogP contribution is 2.20. The zero-order valence-electron chi connectivity index (χ0n) is 15.2. The highest BCUT2D eigenvalue weighted by molar-refractivity contribution is 14.0. The van der Waals surface area contributed by atoms with Crippen molar-refractivity contribution in [3.05, 3.63) is 70.0 Å². The lowest BCUT2D eigenvalue weighted by molar-refractivity contribution is 0.378. The zero-order valence-corrected chi connectivity index (χ0v) is 19.0. The van der Waals surface area contributed by atoms with Crippen LogP contribution in [-0.4, -0.2) is 29.7 Å². The molecule has 1 aromatic heterocycles. The largest absolute Gasteiger partial charge is 0.356 e. The molecule has 0 amide bonds. The third kappa shape index (κ3) is 6.35. The molecule has 3 rings (SSSR count). The van der Waals surface area contributed by atoms with Gasteiger partial charge in [-0.2, -0.15) is 4.98 Å². The van der Waals surface area contributed by atoms with E-state index in [0.29, 0.717) is 42.2 Å². The minimum Gasteiger partial charge on any atom is -0.356 e. The van der Waals surface area contributed by atoms with Gasteiger partial charge in [-0.3, -0.25) is 4.99 Å². The van der Waals surface area contributed by atoms with E-state index in [-0.39, 0.29) is 24.0 Å². The summed E-state index contributed by atoms with van der Waals surface area (Å²) in [5.41, 5.74) is 1.83. The van der Waals surface area contributed by atoms with Gasteiger partial charge >= 0.3 is 0 Å². The lowest BCUT2D eigenvalue weighted by Crippen LogP contribution is -2.37. The summed E-state index contributed by atoms with van der Waals surface area (Å²) >= 11 is 12.2. The molecule has 9 heteroatoms. The van der Waals surface area contributed by atoms with E-state index in [2.05, 4.69) is 25.8 Å². The van der Waals surface area contributed by atoms with Gasteiger partial charge in [0.05, 0.1) is 0 Å². The second-order valence-electron chi connectivity index (χ2n) is 5.72. The van der Waals surface area contributed by atoms with Gasteiger partial charge in [0.15, 0.2) is 5.96 Å². The average molecular weight is 532 g/mol. The Labute approximate surface area is 190 Å². The molecular formula is C19H20Cl2IN5O. The van der Waals surface area contributed by atoms with E-state index in [9.17, 15) is 0 Å². The Hall–Kier alpha value is -1.84. The van der Waals surface area contributed by atoms with Gasteiger partial charge in [-0.25, -0.2) is 0 Å². The van der Waals surface area contributed by atoms with E-state index in [4.69, 9.17) is 27.7 Å². The van der Waals surface area contributed by atoms with E-state index in [1.54, 1.807) is 19.2 Å². The number of aliphatic imine (C=N–C) groups is 1. The van der Waals surface area contributed by atoms with Gasteiger partial charge in [-0.1, -0.05) is 58.7 Å². The highest BCUT2D eigenvalue weighted by Gasteiger charge is 2.09. The van der Waals surface area contributed by atoms with E-state index in [0.717, 1.165) is 16.1 Å². The Balaban J connectivity index is 0.00000280. The summed E-state index contributed by atoms with van der Waals surface area (Å²) < 4.78 is 5.30. The average Bonchev–Trinajstić information content (AvgIpc) is 3.14. The number of rotatable bonds is 6. The maximum Gasteiger partial charge on any atom is 0.228 e. The summed E-state index contributed by atoms with van der Waals surface area (Å²) in [5.74, 6) is 1.73. The van der Waals surface area contributed by atoms with E-state index in [1.165, 1.54) is 0 Å². The molecule has 0 atom stereocenters. The summed E-state index contributed by atoms with van der Waals surface area (Å²) in [5, 5.41) is 11.8. The first-order chi connectivity index (χ1) is 13.2. The second kappa shape index (κ2) is 11.2. The zero-order chi connectivity index (χ0) is 19.1. The van der Waals surface area contributed by atoms with Crippen molar-refractivity contribution >= 4 is 53.1 Å². The third-order valence-corrected chi connectivity index (χ3v) is 4.41. The van der Waals surface area contributed by atoms with Crippen LogP contribution >= 0.6 is 47.2 Å². The van der Waals surface area contributed by atoms with Crippen LogP contribution in [0.4, 0.5) is 0 Å². The van der Waals surface area contributed by atoms with Crippen molar-refractivity contribution in [1.82, 2.24) is 20.8 Å². The molecule has 0 saturated carbocycles. The number of halogens is 3. The molecule has 148 valence electrons. The van der Waals surface area contributed by atoms with E-state index < -0.39 is 0 Å². The summed E-state index contributed by atoms with van der Waals surface area (Å²) in [7, 11) is 1.71. The van der Waals surface area contributed by atoms with Crippen molar-refractivity contribution in [2.45, 2.75) is 13.0 Å². The lowest BCUT2D eigenvalue weighted by atomic mass is 10.2. The van der Waals surface area contributed by atoms with Crippen molar-refractivity contribution in [3.8, 4) is 11.4 Å². The Morgan fingerprint density at radius 1 is 1.11 bits per heavy atom. The summed E-state index contributed by atoms with van der Waals surface area (Å²) in [6, 6.07) is 15.0. The molecule has 3 aromatic rings. The Morgan fingerprint density at radius 2 is 1.93 bits per heavy atom. The Kier molecular flexibility index (Phi) is 9.01. The number of guanidine groups is 1. The number of hydrogen-bond donors (Lipinski definition) is 2. The van der Waals surface area contributed by atoms with Gasteiger partial charge in [0.25, 0.3) is 0 Å². The number of nitrogens with one attached hydrogen (secondary N) is 2. The predicted octanol–water partition coefficient (Wildman–Crippen LogP) is 4.57. The first-order valence-electron chi connectivity index (χ1n) is 8.42. The number of hydrogen-bond acceptors (Lipinski definition) is 4. The van der Waals surface area contributed by atoms with Crippen LogP contribution in [0.1, 0.15) is 11.5 Å². The molecule has 2 N–H and O–H groups in total. The van der Waals surface area contributed by atoms with Crippen LogP contribution in [0.5, 0.6) is 0 Å². The number of nitrogens with zero attached hydrogens (tertiary/aromatic N) is 3. The number of aromatic nitrogens is 2. The molecule has 0 aliphatic rings. The first-order valence-corrected chi connectivity index (χ1v) is 9.18. The monoisotopic (exact) mass is 531 g/mol. The van der Waals surface area contributed by atoms with E-state index >= 15 is 0 Å². The van der Waals surface area contributed by atoms with Crippen LogP contribution < -0.4 is 10.6 Å². The van der Waals surface area contributed by atoms with E-state index in [1.807, 2.05) is 36.4 Å². The molecule has 0 bridgehead atoms. The minimum atomic E-state index is 0. The quantitative estimate of drug-likeness (QED) is 0.277. The fraction of sp³-hybridized carbons (Fsp3) is 0.211. The van der Waals surface area contributed by atoms with Gasteiger partial charge in [-0.15, -0.1) is 24.0 Å². The maximum absolute atomic E-state index is 6.16. The van der Waals surface area contributed by atoms with Crippen LogP contribution in [0.3, 0.4) is 0 Å². The minimum absolute atomic E-state index is 0. The van der Waals surface area contributed by atoms with Crippen molar-refractivity contribution in [3.63, 3.8) is 0 Å². The SMILES string of the molecule is CN=C(NCCc1nc(-c2cccc(Cl)c2)no1)NCc1ccccc1Cl.I. The predicted molar refractivity (Wildman–Crippen MR) is 124 cm³/mol. The number of benzene rings is 2. The van der Waals surface area contributed by atoms with Gasteiger partial charge in [-0.05, 0) is 23.8 Å². The van der Waals surface area contributed by atoms with Gasteiger partial charge in [0.2, 0.25) is 11.7 Å². The summed E-state index contributed by atoms with van der Waals surface area (Å²) in [6.07, 6.45) is 0.570. The molecule has 0 radical (unpaired) electrons. The van der Waals surface area contributed by atoms with Gasteiger partial charge < -0.3 is 15.2 Å². The topological polar surface area (TPSA) is 75.3 Å². The normalized spacial score (nSPS) is 11.0. The van der Waals surface area contributed by atoms with Crippen molar-refractivity contribution in [1.29, 1.82) is 0 Å². The summed E-state index contributed by atoms with van der Waals surface area (Å²) in [4.78, 5) is 8.59. The molecule has 0 aliphatic heterocycles. The summed E-state index contributed by atoms with van der Waals surface area (Å²) in [6.45, 7) is 1.18. The molecule has 0 fully saturated rings. The smallest absolute Gasteiger partial charge is 0.228 e. The second-order valence-corrected chi connectivity index (χ2v) is 6.56. The van der Waals surface area contributed by atoms with Gasteiger partial charge in [0.1, 0.15) is 0 Å². The first kappa shape index (κ1) is 22.4. The molecule has 0 aliphatic carbocycles. The van der Waals surface area contributed by atoms with Crippen LogP contribution in [0, 0.1) is 0 Å². The lowest BCUT2D eigenvalue weighted by Gasteiger charge is -2.11. The molecule has 0 saturated heterocycles. The van der Waals surface area contributed by atoms with Crippen LogP contribution in [0.2, 0.25) is 10.0 Å². The molecule has 28 heavy (non-hydrogen) atoms. The third-order valence-electron chi connectivity index (χ3n) is 3.81. The Morgan fingerprint density at radius 3 is 2.68 bits per heavy atom. The standard InChI is InChI=1S/C19H19Cl2N5O.HI/c1-22-19(24-12-14-5-2-3-8-16(14)21)23-10-9-17-25-18(26-27-17)13-6-4-7-15(20)11-13;/h2-8,11H,9-10,12H2,1H3,(H2,22,23,24);1H. The molecule has 0 unspecified atom stereocenters. The molecule has 2 aromatic carbocycles. The highest BCUT2D eigenvalue weighted by atomic mass is 127. The van der Waals surface area contributed by atoms with Crippen LogP contribution in [0.15, 0.2) is 58.0 Å². The molecular weight excluding hydrogens is 512 g/mol. The van der Waals surface area contributed by atoms with Crippen molar-refractivity contribution in [2.24, 2.45) is 4.99 Å². The van der Waals surface area contributed by atoms with Gasteiger partial charge in [0, 0.05) is 42.2 Å². The van der Waals surface area contributed by atoms with Crippen molar-refractivity contribution in [2.75, 3.05) is 13.6 Å². The molecule has 6 nitrogen and oxygen atoms in total. The fourth-order valence-corrected chi connectivity index (χ4v) is 2.82. The maximum atomic E-state index is 6.16. The fourth-order valence-electron chi connectivity index (χ4n) is 2.43. The Bertz CT molecular complexity index is 932. The van der Waals surface area contributed by atoms with Crippen molar-refractivity contribution < 1.29 is 4.52 Å². The molecule has 0 spiro atoms. The van der Waals surface area contributed by atoms with Crippen LogP contribution in [0.25, 0.3) is 11.4 Å². The van der Waals surface area contributed by atoms with Crippen LogP contribution in [-0.2, 0) is 13.0 Å². The molecule has 1 heterocycles.